The summed E-state index contributed by atoms with van der Waals surface area (Å²) in [5, 5.41) is 12.4. The number of benzene rings is 2. The predicted molar refractivity (Wildman–Crippen MR) is 87.3 cm³/mol. The highest BCUT2D eigenvalue weighted by Gasteiger charge is 2.13. The highest BCUT2D eigenvalue weighted by Crippen LogP contribution is 2.25. The lowest BCUT2D eigenvalue weighted by molar-refractivity contribution is 0.102. The summed E-state index contributed by atoms with van der Waals surface area (Å²) in [5.41, 5.74) is 6.98. The third-order valence-corrected chi connectivity index (χ3v) is 3.63. The SMILES string of the molecule is Nc1cc(Br)ccc1NC(=O)c1cc(I)ccc1O. The molecule has 0 saturated heterocycles. The number of halogens is 2. The van der Waals surface area contributed by atoms with Gasteiger partial charge in [-0.2, -0.15) is 0 Å². The van der Waals surface area contributed by atoms with Gasteiger partial charge in [0.1, 0.15) is 5.75 Å². The van der Waals surface area contributed by atoms with E-state index in [2.05, 4.69) is 43.8 Å². The normalized spacial score (nSPS) is 10.2. The van der Waals surface area contributed by atoms with Gasteiger partial charge in [0.05, 0.1) is 16.9 Å². The Balaban J connectivity index is 2.28. The fourth-order valence-corrected chi connectivity index (χ4v) is 2.40. The molecule has 0 radical (unpaired) electrons. The Bertz CT molecular complexity index is 647. The van der Waals surface area contributed by atoms with Crippen LogP contribution < -0.4 is 11.1 Å². The number of aromatic hydroxyl groups is 1. The number of nitrogen functional groups attached to an aromatic ring is 1. The zero-order chi connectivity index (χ0) is 14.0. The van der Waals surface area contributed by atoms with Crippen LogP contribution in [-0.2, 0) is 0 Å². The number of anilines is 2. The molecule has 6 heteroatoms. The molecule has 98 valence electrons. The van der Waals surface area contributed by atoms with Crippen LogP contribution >= 0.6 is 38.5 Å². The van der Waals surface area contributed by atoms with Crippen molar-refractivity contribution in [2.45, 2.75) is 0 Å². The average Bonchev–Trinajstić information content (AvgIpc) is 2.35. The van der Waals surface area contributed by atoms with E-state index in [4.69, 9.17) is 5.73 Å². The number of phenols is 1. The number of rotatable bonds is 2. The Kier molecular flexibility index (Phi) is 4.31. The van der Waals surface area contributed by atoms with Crippen molar-refractivity contribution in [3.05, 3.63) is 50.0 Å². The van der Waals surface area contributed by atoms with Gasteiger partial charge in [-0.25, -0.2) is 0 Å². The number of carbonyl (C=O) groups excluding carboxylic acids is 1. The van der Waals surface area contributed by atoms with Gasteiger partial charge in [0.2, 0.25) is 0 Å². The van der Waals surface area contributed by atoms with E-state index in [1.54, 1.807) is 30.3 Å². The van der Waals surface area contributed by atoms with Crippen molar-refractivity contribution in [1.29, 1.82) is 0 Å². The van der Waals surface area contributed by atoms with Crippen molar-refractivity contribution < 1.29 is 9.90 Å². The van der Waals surface area contributed by atoms with Crippen LogP contribution in [-0.4, -0.2) is 11.0 Å². The van der Waals surface area contributed by atoms with Gasteiger partial charge in [-0.05, 0) is 59.0 Å². The minimum Gasteiger partial charge on any atom is -0.507 e. The highest BCUT2D eigenvalue weighted by atomic mass is 127. The average molecular weight is 433 g/mol. The third-order valence-electron chi connectivity index (χ3n) is 2.47. The molecule has 4 N–H and O–H groups in total. The maximum atomic E-state index is 12.1. The van der Waals surface area contributed by atoms with Gasteiger partial charge in [0.25, 0.3) is 5.91 Å². The van der Waals surface area contributed by atoms with Crippen molar-refractivity contribution in [3.8, 4) is 5.75 Å². The van der Waals surface area contributed by atoms with Crippen LogP contribution in [0, 0.1) is 3.57 Å². The third kappa shape index (κ3) is 3.38. The number of amides is 1. The molecule has 0 fully saturated rings. The molecule has 1 amide bonds. The molecule has 0 spiro atoms. The maximum absolute atomic E-state index is 12.1. The Labute approximate surface area is 132 Å². The molecule has 0 aliphatic heterocycles. The largest absolute Gasteiger partial charge is 0.507 e. The number of carbonyl (C=O) groups is 1. The van der Waals surface area contributed by atoms with E-state index in [0.29, 0.717) is 11.4 Å². The van der Waals surface area contributed by atoms with Crippen molar-refractivity contribution in [3.63, 3.8) is 0 Å². The van der Waals surface area contributed by atoms with E-state index in [0.717, 1.165) is 8.04 Å². The number of phenolic OH excluding ortho intramolecular Hbond substituents is 1. The van der Waals surface area contributed by atoms with E-state index < -0.39 is 5.91 Å². The standard InChI is InChI=1S/C13H10BrIN2O2/c14-7-1-3-11(10(16)5-7)17-13(19)9-6-8(15)2-4-12(9)18/h1-6,18H,16H2,(H,17,19). The molecule has 0 bridgehead atoms. The number of hydrogen-bond acceptors (Lipinski definition) is 3. The second-order valence-corrected chi connectivity index (χ2v) is 6.01. The topological polar surface area (TPSA) is 75.3 Å². The van der Waals surface area contributed by atoms with Gasteiger partial charge in [-0.1, -0.05) is 15.9 Å². The summed E-state index contributed by atoms with van der Waals surface area (Å²) in [7, 11) is 0. The Morgan fingerprint density at radius 1 is 1.26 bits per heavy atom. The van der Waals surface area contributed by atoms with Crippen LogP contribution in [0.1, 0.15) is 10.4 Å². The first-order chi connectivity index (χ1) is 8.97. The van der Waals surface area contributed by atoms with E-state index >= 15 is 0 Å². The Morgan fingerprint density at radius 3 is 2.68 bits per heavy atom. The summed E-state index contributed by atoms with van der Waals surface area (Å²) in [6, 6.07) is 10.00. The van der Waals surface area contributed by atoms with Crippen LogP contribution in [0.2, 0.25) is 0 Å². The molecule has 0 saturated carbocycles. The smallest absolute Gasteiger partial charge is 0.259 e. The van der Waals surface area contributed by atoms with Gasteiger partial charge in [0.15, 0.2) is 0 Å². The fraction of sp³-hybridized carbons (Fsp3) is 0. The van der Waals surface area contributed by atoms with Gasteiger partial charge in [-0.15, -0.1) is 0 Å². The predicted octanol–water partition coefficient (Wildman–Crippen LogP) is 3.59. The summed E-state index contributed by atoms with van der Waals surface area (Å²) in [4.78, 5) is 12.1. The van der Waals surface area contributed by atoms with Gasteiger partial charge >= 0.3 is 0 Å². The van der Waals surface area contributed by atoms with Crippen molar-refractivity contribution in [2.75, 3.05) is 11.1 Å². The van der Waals surface area contributed by atoms with Gasteiger partial charge in [-0.3, -0.25) is 4.79 Å². The van der Waals surface area contributed by atoms with Crippen LogP contribution in [0.15, 0.2) is 40.9 Å². The number of hydrogen-bond donors (Lipinski definition) is 3. The summed E-state index contributed by atoms with van der Waals surface area (Å²) in [6.45, 7) is 0. The molecule has 19 heavy (non-hydrogen) atoms. The molecule has 2 aromatic rings. The second kappa shape index (κ2) is 5.79. The van der Waals surface area contributed by atoms with Crippen LogP contribution in [0.25, 0.3) is 0 Å². The van der Waals surface area contributed by atoms with Gasteiger partial charge < -0.3 is 16.2 Å². The molecule has 0 aliphatic carbocycles. The quantitative estimate of drug-likeness (QED) is 0.501. The van der Waals surface area contributed by atoms with E-state index in [9.17, 15) is 9.90 Å². The van der Waals surface area contributed by atoms with E-state index in [-0.39, 0.29) is 11.3 Å². The summed E-state index contributed by atoms with van der Waals surface area (Å²) in [5.74, 6) is -0.460. The van der Waals surface area contributed by atoms with E-state index in [1.807, 2.05) is 0 Å². The molecule has 0 unspecified atom stereocenters. The van der Waals surface area contributed by atoms with Crippen LogP contribution in [0.3, 0.4) is 0 Å². The molecule has 2 aromatic carbocycles. The first kappa shape index (κ1) is 14.1. The molecule has 4 nitrogen and oxygen atoms in total. The number of nitrogens with one attached hydrogen (secondary N) is 1. The molecule has 0 heterocycles. The molecule has 0 aromatic heterocycles. The number of nitrogens with two attached hydrogens (primary N) is 1. The lowest BCUT2D eigenvalue weighted by Gasteiger charge is -2.09. The van der Waals surface area contributed by atoms with Gasteiger partial charge in [0, 0.05) is 8.04 Å². The highest BCUT2D eigenvalue weighted by molar-refractivity contribution is 14.1. The van der Waals surface area contributed by atoms with Crippen molar-refractivity contribution in [2.24, 2.45) is 0 Å². The lowest BCUT2D eigenvalue weighted by atomic mass is 10.2. The monoisotopic (exact) mass is 432 g/mol. The summed E-state index contributed by atoms with van der Waals surface area (Å²) >= 11 is 5.37. The van der Waals surface area contributed by atoms with Crippen molar-refractivity contribution >= 4 is 55.8 Å². The zero-order valence-electron chi connectivity index (χ0n) is 9.65. The van der Waals surface area contributed by atoms with Crippen LogP contribution in [0.4, 0.5) is 11.4 Å². The fourth-order valence-electron chi connectivity index (χ4n) is 1.53. The lowest BCUT2D eigenvalue weighted by Crippen LogP contribution is -2.13. The molecular formula is C13H10BrIN2O2. The summed E-state index contributed by atoms with van der Waals surface area (Å²) < 4.78 is 1.70. The molecule has 2 rings (SSSR count). The molecule has 0 atom stereocenters. The minimum absolute atomic E-state index is 0.0615. The first-order valence-electron chi connectivity index (χ1n) is 5.32. The summed E-state index contributed by atoms with van der Waals surface area (Å²) in [6.07, 6.45) is 0. The molecular weight excluding hydrogens is 423 g/mol. The van der Waals surface area contributed by atoms with Crippen molar-refractivity contribution in [1.82, 2.24) is 0 Å². The zero-order valence-corrected chi connectivity index (χ0v) is 13.4. The Morgan fingerprint density at radius 2 is 2.00 bits per heavy atom. The van der Waals surface area contributed by atoms with E-state index in [1.165, 1.54) is 6.07 Å². The maximum Gasteiger partial charge on any atom is 0.259 e. The minimum atomic E-state index is -0.398. The molecule has 0 aliphatic rings. The Hall–Kier alpha value is -1.28. The first-order valence-corrected chi connectivity index (χ1v) is 7.19. The second-order valence-electron chi connectivity index (χ2n) is 3.85. The van der Waals surface area contributed by atoms with Crippen LogP contribution in [0.5, 0.6) is 5.75 Å².